The fourth-order valence-corrected chi connectivity index (χ4v) is 4.23. The van der Waals surface area contributed by atoms with Crippen LogP contribution in [0.3, 0.4) is 0 Å². The van der Waals surface area contributed by atoms with Crippen LogP contribution < -0.4 is 5.32 Å². The second-order valence-electron chi connectivity index (χ2n) is 7.48. The first-order chi connectivity index (χ1) is 14.7. The van der Waals surface area contributed by atoms with Crippen molar-refractivity contribution in [1.29, 1.82) is 0 Å². The zero-order valence-corrected chi connectivity index (χ0v) is 20.2. The highest BCUT2D eigenvalue weighted by Gasteiger charge is 2.28. The molecule has 0 saturated carbocycles. The van der Waals surface area contributed by atoms with E-state index in [4.69, 9.17) is 23.2 Å². The molecular weight excluding hydrogens is 458 g/mol. The lowest BCUT2D eigenvalue weighted by molar-refractivity contribution is -0.139. The molecule has 2 rings (SSSR count). The molecule has 0 bridgehead atoms. The summed E-state index contributed by atoms with van der Waals surface area (Å²) in [6.07, 6.45) is 0.475. The lowest BCUT2D eigenvalue weighted by Gasteiger charge is -2.31. The average Bonchev–Trinajstić information content (AvgIpc) is 2.71. The number of carbonyl (C=O) groups excluding carboxylic acids is 2. The SMILES string of the molecule is CC[C@@H](C(=O)NC(C)C)N(Cc1ccc(F)cc1)C(=O)CSCc1ccc(Cl)c(Cl)c1. The third-order valence-electron chi connectivity index (χ3n) is 4.56. The van der Waals surface area contributed by atoms with E-state index in [0.717, 1.165) is 11.1 Å². The Balaban J connectivity index is 2.12. The molecule has 1 N–H and O–H groups in total. The van der Waals surface area contributed by atoms with Gasteiger partial charge in [-0.1, -0.05) is 48.3 Å². The number of nitrogens with one attached hydrogen (secondary N) is 1. The molecule has 0 heterocycles. The van der Waals surface area contributed by atoms with Gasteiger partial charge in [0.25, 0.3) is 0 Å². The van der Waals surface area contributed by atoms with Gasteiger partial charge in [0.1, 0.15) is 11.9 Å². The largest absolute Gasteiger partial charge is 0.352 e. The Morgan fingerprint density at radius 1 is 1.06 bits per heavy atom. The van der Waals surface area contributed by atoms with Crippen molar-refractivity contribution in [3.8, 4) is 0 Å². The molecule has 168 valence electrons. The molecule has 0 radical (unpaired) electrons. The van der Waals surface area contributed by atoms with Crippen molar-refractivity contribution in [3.05, 3.63) is 69.5 Å². The number of nitrogens with zero attached hydrogens (tertiary/aromatic N) is 1. The van der Waals surface area contributed by atoms with Gasteiger partial charge in [-0.2, -0.15) is 0 Å². The minimum Gasteiger partial charge on any atom is -0.352 e. The predicted octanol–water partition coefficient (Wildman–Crippen LogP) is 5.70. The molecule has 8 heteroatoms. The number of hydrogen-bond acceptors (Lipinski definition) is 3. The average molecular weight is 485 g/mol. The molecule has 2 aromatic rings. The summed E-state index contributed by atoms with van der Waals surface area (Å²) in [6.45, 7) is 5.86. The zero-order chi connectivity index (χ0) is 23.0. The Labute approximate surface area is 197 Å². The molecule has 0 aromatic heterocycles. The molecule has 4 nitrogen and oxygen atoms in total. The first kappa shape index (κ1) is 25.5. The van der Waals surface area contributed by atoms with Gasteiger partial charge >= 0.3 is 0 Å². The van der Waals surface area contributed by atoms with Crippen molar-refractivity contribution in [1.82, 2.24) is 10.2 Å². The second kappa shape index (κ2) is 12.3. The van der Waals surface area contributed by atoms with Crippen LogP contribution >= 0.6 is 35.0 Å². The minimum atomic E-state index is -0.606. The van der Waals surface area contributed by atoms with Crippen LogP contribution in [0.5, 0.6) is 0 Å². The number of halogens is 3. The minimum absolute atomic E-state index is 0.0339. The van der Waals surface area contributed by atoms with Crippen molar-refractivity contribution < 1.29 is 14.0 Å². The monoisotopic (exact) mass is 484 g/mol. The molecule has 1 atom stereocenters. The van der Waals surface area contributed by atoms with Crippen molar-refractivity contribution in [2.24, 2.45) is 0 Å². The Morgan fingerprint density at radius 2 is 1.71 bits per heavy atom. The molecule has 0 fully saturated rings. The number of carbonyl (C=O) groups is 2. The standard InChI is InChI=1S/C23H27Cl2FN2O2S/c1-4-21(23(30)27-15(2)3)28(12-16-5-8-18(26)9-6-16)22(29)14-31-13-17-7-10-19(24)20(25)11-17/h5-11,15,21H,4,12-14H2,1-3H3,(H,27,30)/t21-/m0/s1. The molecule has 2 aromatic carbocycles. The van der Waals surface area contributed by atoms with E-state index < -0.39 is 6.04 Å². The number of thioether (sulfide) groups is 1. The summed E-state index contributed by atoms with van der Waals surface area (Å²) < 4.78 is 13.3. The zero-order valence-electron chi connectivity index (χ0n) is 17.8. The molecule has 0 aliphatic heterocycles. The summed E-state index contributed by atoms with van der Waals surface area (Å²) in [6, 6.07) is 10.7. The van der Waals surface area contributed by atoms with Gasteiger partial charge in [-0.05, 0) is 55.7 Å². The van der Waals surface area contributed by atoms with Crippen molar-refractivity contribution in [2.75, 3.05) is 5.75 Å². The number of rotatable bonds is 10. The predicted molar refractivity (Wildman–Crippen MR) is 127 cm³/mol. The van der Waals surface area contributed by atoms with E-state index in [2.05, 4.69) is 5.32 Å². The summed E-state index contributed by atoms with van der Waals surface area (Å²) in [7, 11) is 0. The third kappa shape index (κ3) is 8.02. The molecule has 2 amide bonds. The Kier molecular flexibility index (Phi) is 10.1. The Hall–Kier alpha value is -1.76. The molecule has 0 saturated heterocycles. The van der Waals surface area contributed by atoms with Crippen LogP contribution in [0.25, 0.3) is 0 Å². The lowest BCUT2D eigenvalue weighted by atomic mass is 10.1. The molecular formula is C23H27Cl2FN2O2S. The van der Waals surface area contributed by atoms with Gasteiger partial charge in [-0.3, -0.25) is 9.59 Å². The fraction of sp³-hybridized carbons (Fsp3) is 0.391. The molecule has 0 aliphatic carbocycles. The molecule has 0 aliphatic rings. The fourth-order valence-electron chi connectivity index (χ4n) is 3.06. The topological polar surface area (TPSA) is 49.4 Å². The molecule has 0 unspecified atom stereocenters. The number of benzene rings is 2. The van der Waals surface area contributed by atoms with E-state index in [0.29, 0.717) is 22.2 Å². The highest BCUT2D eigenvalue weighted by molar-refractivity contribution is 7.99. The van der Waals surface area contributed by atoms with Gasteiger partial charge in [0.05, 0.1) is 15.8 Å². The second-order valence-corrected chi connectivity index (χ2v) is 9.28. The molecule has 0 spiro atoms. The van der Waals surface area contributed by atoms with Gasteiger partial charge in [-0.15, -0.1) is 11.8 Å². The van der Waals surface area contributed by atoms with Gasteiger partial charge < -0.3 is 10.2 Å². The first-order valence-corrected chi connectivity index (χ1v) is 12.0. The summed E-state index contributed by atoms with van der Waals surface area (Å²) in [5.41, 5.74) is 1.72. The summed E-state index contributed by atoms with van der Waals surface area (Å²) in [4.78, 5) is 27.4. The van der Waals surface area contributed by atoms with E-state index in [1.807, 2.05) is 26.8 Å². The Morgan fingerprint density at radius 3 is 2.29 bits per heavy atom. The first-order valence-electron chi connectivity index (χ1n) is 10.1. The third-order valence-corrected chi connectivity index (χ3v) is 6.29. The maximum Gasteiger partial charge on any atom is 0.243 e. The smallest absolute Gasteiger partial charge is 0.243 e. The van der Waals surface area contributed by atoms with E-state index in [9.17, 15) is 14.0 Å². The molecule has 31 heavy (non-hydrogen) atoms. The maximum absolute atomic E-state index is 13.3. The van der Waals surface area contributed by atoms with E-state index >= 15 is 0 Å². The van der Waals surface area contributed by atoms with Crippen LogP contribution in [0.1, 0.15) is 38.3 Å². The van der Waals surface area contributed by atoms with Gasteiger partial charge in [0.15, 0.2) is 0 Å². The highest BCUT2D eigenvalue weighted by Crippen LogP contribution is 2.25. The van der Waals surface area contributed by atoms with Crippen molar-refractivity contribution in [2.45, 2.75) is 51.6 Å². The van der Waals surface area contributed by atoms with Crippen molar-refractivity contribution in [3.63, 3.8) is 0 Å². The van der Waals surface area contributed by atoms with E-state index in [1.54, 1.807) is 29.2 Å². The summed E-state index contributed by atoms with van der Waals surface area (Å²) >= 11 is 13.4. The van der Waals surface area contributed by atoms with E-state index in [1.165, 1.54) is 23.9 Å². The number of amides is 2. The Bertz CT molecular complexity index is 894. The quantitative estimate of drug-likeness (QED) is 0.470. The summed E-state index contributed by atoms with van der Waals surface area (Å²) in [5, 5.41) is 3.85. The lowest BCUT2D eigenvalue weighted by Crippen LogP contribution is -2.50. The number of hydrogen-bond donors (Lipinski definition) is 1. The van der Waals surface area contributed by atoms with Gasteiger partial charge in [0.2, 0.25) is 11.8 Å². The van der Waals surface area contributed by atoms with Gasteiger partial charge in [0, 0.05) is 18.3 Å². The maximum atomic E-state index is 13.3. The van der Waals surface area contributed by atoms with Crippen LogP contribution in [-0.2, 0) is 21.9 Å². The summed E-state index contributed by atoms with van der Waals surface area (Å²) in [5.74, 6) is 0.0977. The van der Waals surface area contributed by atoms with Crippen molar-refractivity contribution >= 4 is 46.8 Å². The van der Waals surface area contributed by atoms with Crippen LogP contribution in [0.2, 0.25) is 10.0 Å². The normalized spacial score (nSPS) is 12.0. The van der Waals surface area contributed by atoms with Crippen LogP contribution in [0.15, 0.2) is 42.5 Å². The van der Waals surface area contributed by atoms with Crippen LogP contribution in [0.4, 0.5) is 4.39 Å². The van der Waals surface area contributed by atoms with Crippen LogP contribution in [-0.4, -0.2) is 34.6 Å². The highest BCUT2D eigenvalue weighted by atomic mass is 35.5. The van der Waals surface area contributed by atoms with E-state index in [-0.39, 0.29) is 36.0 Å². The van der Waals surface area contributed by atoms with Crippen LogP contribution in [0, 0.1) is 5.82 Å². The van der Waals surface area contributed by atoms with Gasteiger partial charge in [-0.25, -0.2) is 4.39 Å².